The minimum Gasteiger partial charge on any atom is -0.341 e. The zero-order valence-corrected chi connectivity index (χ0v) is 16.1. The Labute approximate surface area is 159 Å². The molecule has 0 bridgehead atoms. The van der Waals surface area contributed by atoms with Crippen LogP contribution >= 0.6 is 23.4 Å². The largest absolute Gasteiger partial charge is 0.341 e. The summed E-state index contributed by atoms with van der Waals surface area (Å²) in [4.78, 5) is 15.1. The summed E-state index contributed by atoms with van der Waals surface area (Å²) in [6.45, 7) is 3.70. The second kappa shape index (κ2) is 8.77. The van der Waals surface area contributed by atoms with E-state index in [0.717, 1.165) is 42.3 Å². The molecule has 0 saturated carbocycles. The number of amides is 1. The van der Waals surface area contributed by atoms with E-state index in [1.807, 2.05) is 53.1 Å². The van der Waals surface area contributed by atoms with Gasteiger partial charge in [-0.25, -0.2) is 0 Å². The van der Waals surface area contributed by atoms with Crippen LogP contribution < -0.4 is 0 Å². The van der Waals surface area contributed by atoms with Gasteiger partial charge in [-0.15, -0.1) is 0 Å². The third-order valence-electron chi connectivity index (χ3n) is 4.81. The molecule has 1 fully saturated rings. The molecule has 0 aromatic heterocycles. The van der Waals surface area contributed by atoms with Gasteiger partial charge >= 0.3 is 0 Å². The molecule has 1 aliphatic heterocycles. The highest BCUT2D eigenvalue weighted by molar-refractivity contribution is 7.99. The Bertz CT molecular complexity index is 706. The van der Waals surface area contributed by atoms with Crippen LogP contribution in [0.5, 0.6) is 0 Å². The number of thioether (sulfide) groups is 1. The third kappa shape index (κ3) is 4.39. The fourth-order valence-electron chi connectivity index (χ4n) is 3.43. The molecule has 4 heteroatoms. The van der Waals surface area contributed by atoms with Gasteiger partial charge in [0.1, 0.15) is 0 Å². The lowest BCUT2D eigenvalue weighted by Gasteiger charge is -2.26. The van der Waals surface area contributed by atoms with E-state index in [2.05, 4.69) is 25.1 Å². The zero-order chi connectivity index (χ0) is 17.6. The molecule has 2 nitrogen and oxygen atoms in total. The zero-order valence-electron chi connectivity index (χ0n) is 14.5. The van der Waals surface area contributed by atoms with Crippen LogP contribution in [0, 0.1) is 0 Å². The van der Waals surface area contributed by atoms with Gasteiger partial charge in [-0.1, -0.05) is 67.1 Å². The first-order chi connectivity index (χ1) is 12.2. The Morgan fingerprint density at radius 1 is 1.16 bits per heavy atom. The molecule has 0 radical (unpaired) electrons. The van der Waals surface area contributed by atoms with Crippen LogP contribution in [0.3, 0.4) is 0 Å². The molecule has 1 aliphatic rings. The van der Waals surface area contributed by atoms with E-state index in [0.29, 0.717) is 5.25 Å². The average Bonchev–Trinajstić information content (AvgIpc) is 2.90. The van der Waals surface area contributed by atoms with Crippen molar-refractivity contribution in [2.45, 2.75) is 30.9 Å². The van der Waals surface area contributed by atoms with Crippen molar-refractivity contribution in [1.29, 1.82) is 0 Å². The molecular weight excluding hydrogens is 350 g/mol. The van der Waals surface area contributed by atoms with Gasteiger partial charge in [0.25, 0.3) is 0 Å². The Morgan fingerprint density at radius 2 is 1.88 bits per heavy atom. The van der Waals surface area contributed by atoms with E-state index in [4.69, 9.17) is 11.6 Å². The highest BCUT2D eigenvalue weighted by Crippen LogP contribution is 2.38. The molecule has 3 rings (SSSR count). The first-order valence-corrected chi connectivity index (χ1v) is 10.3. The van der Waals surface area contributed by atoms with E-state index >= 15 is 0 Å². The molecule has 1 amide bonds. The molecule has 2 atom stereocenters. The van der Waals surface area contributed by atoms with Gasteiger partial charge < -0.3 is 4.90 Å². The molecule has 1 saturated heterocycles. The number of carbonyl (C=O) groups is 1. The number of hydrogen-bond donors (Lipinski definition) is 0. The monoisotopic (exact) mass is 373 g/mol. The van der Waals surface area contributed by atoms with Gasteiger partial charge in [0, 0.05) is 29.1 Å². The number of benzene rings is 2. The Morgan fingerprint density at radius 3 is 2.60 bits per heavy atom. The van der Waals surface area contributed by atoms with Gasteiger partial charge in [0.15, 0.2) is 0 Å². The molecule has 0 N–H and O–H groups in total. The lowest BCUT2D eigenvalue weighted by Crippen LogP contribution is -2.36. The summed E-state index contributed by atoms with van der Waals surface area (Å²) in [6, 6.07) is 18.2. The molecular formula is C21H24ClNOS. The van der Waals surface area contributed by atoms with Crippen LogP contribution in [0.2, 0.25) is 5.02 Å². The van der Waals surface area contributed by atoms with E-state index in [-0.39, 0.29) is 11.8 Å². The minimum atomic E-state index is -0.0388. The summed E-state index contributed by atoms with van der Waals surface area (Å²) < 4.78 is 0. The van der Waals surface area contributed by atoms with Crippen molar-refractivity contribution in [3.8, 4) is 0 Å². The molecule has 0 spiro atoms. The van der Waals surface area contributed by atoms with E-state index in [9.17, 15) is 4.79 Å². The number of hydrogen-bond acceptors (Lipinski definition) is 2. The molecule has 2 aromatic rings. The van der Waals surface area contributed by atoms with Gasteiger partial charge in [0.2, 0.25) is 5.91 Å². The number of rotatable bonds is 4. The number of carbonyl (C=O) groups excluding carboxylic acids is 1. The van der Waals surface area contributed by atoms with E-state index in [1.54, 1.807) is 0 Å². The van der Waals surface area contributed by atoms with Crippen molar-refractivity contribution in [2.24, 2.45) is 0 Å². The van der Waals surface area contributed by atoms with Crippen molar-refractivity contribution in [3.63, 3.8) is 0 Å². The van der Waals surface area contributed by atoms with Gasteiger partial charge in [-0.2, -0.15) is 11.8 Å². The van der Waals surface area contributed by atoms with Crippen LogP contribution in [-0.4, -0.2) is 29.6 Å². The van der Waals surface area contributed by atoms with Crippen LogP contribution in [0.1, 0.15) is 42.1 Å². The predicted octanol–water partition coefficient (Wildman–Crippen LogP) is 5.54. The molecule has 25 heavy (non-hydrogen) atoms. The molecule has 1 heterocycles. The first-order valence-electron chi connectivity index (χ1n) is 8.90. The SMILES string of the molecule is CCC(C(=O)N1CCSC(c2ccccc2Cl)CC1)c1ccccc1. The van der Waals surface area contributed by atoms with Crippen LogP contribution in [-0.2, 0) is 4.79 Å². The van der Waals surface area contributed by atoms with Gasteiger partial charge in [-0.05, 0) is 30.0 Å². The summed E-state index contributed by atoms with van der Waals surface area (Å²) in [7, 11) is 0. The lowest BCUT2D eigenvalue weighted by molar-refractivity contribution is -0.132. The molecule has 2 unspecified atom stereocenters. The number of nitrogens with zero attached hydrogens (tertiary/aromatic N) is 1. The standard InChI is InChI=1S/C21H24ClNOS/c1-2-17(16-8-4-3-5-9-16)21(24)23-13-12-20(25-15-14-23)18-10-6-7-11-19(18)22/h3-11,17,20H,2,12-15H2,1H3. The third-order valence-corrected chi connectivity index (χ3v) is 6.47. The normalized spacial score (nSPS) is 19.3. The second-order valence-electron chi connectivity index (χ2n) is 6.37. The fraction of sp³-hybridized carbons (Fsp3) is 0.381. The first kappa shape index (κ1) is 18.3. The minimum absolute atomic E-state index is 0.0388. The Kier molecular flexibility index (Phi) is 6.44. The second-order valence-corrected chi connectivity index (χ2v) is 8.08. The highest BCUT2D eigenvalue weighted by atomic mass is 35.5. The Hall–Kier alpha value is -1.45. The lowest BCUT2D eigenvalue weighted by atomic mass is 9.95. The van der Waals surface area contributed by atoms with Crippen LogP contribution in [0.25, 0.3) is 0 Å². The number of halogens is 1. The van der Waals surface area contributed by atoms with E-state index < -0.39 is 0 Å². The van der Waals surface area contributed by atoms with Crippen molar-refractivity contribution in [2.75, 3.05) is 18.8 Å². The Balaban J connectivity index is 1.70. The quantitative estimate of drug-likeness (QED) is 0.701. The molecule has 0 aliphatic carbocycles. The molecule has 132 valence electrons. The van der Waals surface area contributed by atoms with Crippen LogP contribution in [0.4, 0.5) is 0 Å². The van der Waals surface area contributed by atoms with Gasteiger partial charge in [0.05, 0.1) is 5.92 Å². The summed E-state index contributed by atoms with van der Waals surface area (Å²) in [5.74, 6) is 1.17. The van der Waals surface area contributed by atoms with Gasteiger partial charge in [-0.3, -0.25) is 4.79 Å². The van der Waals surface area contributed by atoms with Crippen molar-refractivity contribution < 1.29 is 4.79 Å². The topological polar surface area (TPSA) is 20.3 Å². The van der Waals surface area contributed by atoms with E-state index in [1.165, 1.54) is 5.56 Å². The summed E-state index contributed by atoms with van der Waals surface area (Å²) >= 11 is 8.28. The maximum Gasteiger partial charge on any atom is 0.230 e. The maximum absolute atomic E-state index is 13.1. The average molecular weight is 374 g/mol. The predicted molar refractivity (Wildman–Crippen MR) is 107 cm³/mol. The van der Waals surface area contributed by atoms with Crippen molar-refractivity contribution >= 4 is 29.3 Å². The summed E-state index contributed by atoms with van der Waals surface area (Å²) in [5.41, 5.74) is 2.31. The van der Waals surface area contributed by atoms with Crippen molar-refractivity contribution in [1.82, 2.24) is 4.90 Å². The van der Waals surface area contributed by atoms with Crippen LogP contribution in [0.15, 0.2) is 54.6 Å². The van der Waals surface area contributed by atoms with Crippen molar-refractivity contribution in [3.05, 3.63) is 70.7 Å². The maximum atomic E-state index is 13.1. The highest BCUT2D eigenvalue weighted by Gasteiger charge is 2.27. The molecule has 2 aromatic carbocycles. The fourth-order valence-corrected chi connectivity index (χ4v) is 5.03. The smallest absolute Gasteiger partial charge is 0.230 e. The summed E-state index contributed by atoms with van der Waals surface area (Å²) in [6.07, 6.45) is 1.78. The summed E-state index contributed by atoms with van der Waals surface area (Å²) in [5, 5.41) is 1.19.